The maximum absolute atomic E-state index is 10.1. The number of nitrogens with zero attached hydrogens (tertiary/aromatic N) is 1. The molecule has 1 aliphatic carbocycles. The van der Waals surface area contributed by atoms with E-state index in [1.807, 2.05) is 0 Å². The molecule has 2 aliphatic rings. The second-order valence-corrected chi connectivity index (χ2v) is 4.55. The maximum atomic E-state index is 10.1. The van der Waals surface area contributed by atoms with Crippen LogP contribution in [-0.2, 0) is 12.8 Å². The van der Waals surface area contributed by atoms with Gasteiger partial charge in [-0.25, -0.2) is 4.98 Å². The Bertz CT molecular complexity index is 333. The molecule has 0 aromatic carbocycles. The van der Waals surface area contributed by atoms with Crippen LogP contribution in [0.3, 0.4) is 0 Å². The number of aryl methyl sites for hydroxylation is 2. The lowest BCUT2D eigenvalue weighted by molar-refractivity contribution is 0.129. The van der Waals surface area contributed by atoms with E-state index in [0.29, 0.717) is 0 Å². The highest BCUT2D eigenvalue weighted by Gasteiger charge is 2.28. The van der Waals surface area contributed by atoms with Gasteiger partial charge in [0.2, 0.25) is 0 Å². The zero-order valence-electron chi connectivity index (χ0n) is 8.79. The Morgan fingerprint density at radius 1 is 1.33 bits per heavy atom. The van der Waals surface area contributed by atoms with Gasteiger partial charge in [0, 0.05) is 11.7 Å². The van der Waals surface area contributed by atoms with Crippen molar-refractivity contribution in [1.82, 2.24) is 15.3 Å². The molecular weight excluding hydrogens is 190 g/mol. The summed E-state index contributed by atoms with van der Waals surface area (Å²) in [6, 6.07) is 0.191. The Labute approximate surface area is 89.1 Å². The summed E-state index contributed by atoms with van der Waals surface area (Å²) in [6.07, 6.45) is 5.10. The third-order valence-corrected chi connectivity index (χ3v) is 3.48. The number of aromatic amines is 1. The molecule has 2 atom stereocenters. The second-order valence-electron chi connectivity index (χ2n) is 4.55. The van der Waals surface area contributed by atoms with E-state index in [0.717, 1.165) is 38.1 Å². The van der Waals surface area contributed by atoms with Crippen LogP contribution in [0.5, 0.6) is 0 Å². The molecule has 2 heterocycles. The van der Waals surface area contributed by atoms with Crippen LogP contribution in [0.2, 0.25) is 0 Å². The van der Waals surface area contributed by atoms with Crippen LogP contribution >= 0.6 is 0 Å². The molecule has 1 aromatic rings. The molecule has 0 radical (unpaired) electrons. The molecule has 1 saturated heterocycles. The van der Waals surface area contributed by atoms with Gasteiger partial charge < -0.3 is 15.4 Å². The van der Waals surface area contributed by atoms with Crippen LogP contribution in [0, 0.1) is 0 Å². The Balaban J connectivity index is 1.79. The number of rotatable bonds is 2. The number of hydrogen-bond donors (Lipinski definition) is 3. The molecule has 3 rings (SSSR count). The minimum atomic E-state index is -0.460. The fourth-order valence-electron chi connectivity index (χ4n) is 2.63. The zero-order chi connectivity index (χ0) is 10.3. The van der Waals surface area contributed by atoms with E-state index in [9.17, 15) is 5.11 Å². The highest BCUT2D eigenvalue weighted by molar-refractivity contribution is 5.21. The Morgan fingerprint density at radius 2 is 2.27 bits per heavy atom. The van der Waals surface area contributed by atoms with Crippen molar-refractivity contribution in [2.24, 2.45) is 0 Å². The predicted molar refractivity (Wildman–Crippen MR) is 56.6 cm³/mol. The summed E-state index contributed by atoms with van der Waals surface area (Å²) in [5.41, 5.74) is 2.41. The van der Waals surface area contributed by atoms with E-state index in [1.165, 1.54) is 17.8 Å². The number of aliphatic hydroxyl groups is 1. The highest BCUT2D eigenvalue weighted by Crippen LogP contribution is 2.25. The van der Waals surface area contributed by atoms with Crippen molar-refractivity contribution in [3.05, 3.63) is 17.2 Å². The van der Waals surface area contributed by atoms with Gasteiger partial charge in [-0.1, -0.05) is 0 Å². The summed E-state index contributed by atoms with van der Waals surface area (Å²) < 4.78 is 0. The monoisotopic (exact) mass is 207 g/mol. The van der Waals surface area contributed by atoms with E-state index in [4.69, 9.17) is 0 Å². The molecule has 0 spiro atoms. The summed E-state index contributed by atoms with van der Waals surface area (Å²) >= 11 is 0. The largest absolute Gasteiger partial charge is 0.384 e. The molecule has 1 fully saturated rings. The molecule has 0 amide bonds. The first-order valence-electron chi connectivity index (χ1n) is 5.84. The van der Waals surface area contributed by atoms with Gasteiger partial charge in [0.05, 0.1) is 5.69 Å². The van der Waals surface area contributed by atoms with Crippen LogP contribution in [0.15, 0.2) is 0 Å². The number of aliphatic hydroxyl groups excluding tert-OH is 1. The van der Waals surface area contributed by atoms with Crippen molar-refractivity contribution < 1.29 is 5.11 Å². The first-order valence-corrected chi connectivity index (χ1v) is 5.84. The molecule has 82 valence electrons. The van der Waals surface area contributed by atoms with Crippen LogP contribution in [0.1, 0.15) is 42.6 Å². The SMILES string of the molecule is OC(c1nc2c([nH]1)CCC2)C1CCCN1. The van der Waals surface area contributed by atoms with Crippen LogP contribution < -0.4 is 5.32 Å². The van der Waals surface area contributed by atoms with Gasteiger partial charge in [0.15, 0.2) is 0 Å². The van der Waals surface area contributed by atoms with Gasteiger partial charge in [0.1, 0.15) is 11.9 Å². The van der Waals surface area contributed by atoms with Crippen molar-refractivity contribution >= 4 is 0 Å². The molecule has 4 heteroatoms. The average Bonchev–Trinajstić information content (AvgIpc) is 2.92. The first kappa shape index (κ1) is 9.36. The fourth-order valence-corrected chi connectivity index (χ4v) is 2.63. The quantitative estimate of drug-likeness (QED) is 0.668. The van der Waals surface area contributed by atoms with Gasteiger partial charge >= 0.3 is 0 Å². The first-order chi connectivity index (χ1) is 7.34. The van der Waals surface area contributed by atoms with E-state index in [-0.39, 0.29) is 6.04 Å². The van der Waals surface area contributed by atoms with Crippen molar-refractivity contribution in [1.29, 1.82) is 0 Å². The summed E-state index contributed by atoms with van der Waals surface area (Å²) in [7, 11) is 0. The third kappa shape index (κ3) is 1.58. The zero-order valence-corrected chi connectivity index (χ0v) is 8.79. The second kappa shape index (κ2) is 3.61. The Morgan fingerprint density at radius 3 is 3.00 bits per heavy atom. The lowest BCUT2D eigenvalue weighted by Gasteiger charge is -2.15. The number of nitrogens with one attached hydrogen (secondary N) is 2. The number of H-pyrrole nitrogens is 1. The van der Waals surface area contributed by atoms with E-state index in [1.54, 1.807) is 0 Å². The van der Waals surface area contributed by atoms with Crippen molar-refractivity contribution in [2.45, 2.75) is 44.2 Å². The maximum Gasteiger partial charge on any atom is 0.137 e. The number of hydrogen-bond acceptors (Lipinski definition) is 3. The van der Waals surface area contributed by atoms with Crippen LogP contribution in [0.25, 0.3) is 0 Å². The van der Waals surface area contributed by atoms with Crippen molar-refractivity contribution in [3.8, 4) is 0 Å². The van der Waals surface area contributed by atoms with Gasteiger partial charge in [-0.3, -0.25) is 0 Å². The minimum absolute atomic E-state index is 0.191. The summed E-state index contributed by atoms with van der Waals surface area (Å²) in [5.74, 6) is 0.763. The minimum Gasteiger partial charge on any atom is -0.384 e. The Hall–Kier alpha value is -0.870. The molecule has 3 N–H and O–H groups in total. The average molecular weight is 207 g/mol. The fraction of sp³-hybridized carbons (Fsp3) is 0.727. The van der Waals surface area contributed by atoms with Crippen LogP contribution in [0.4, 0.5) is 0 Å². The predicted octanol–water partition coefficient (Wildman–Crippen LogP) is 0.684. The lowest BCUT2D eigenvalue weighted by atomic mass is 10.1. The lowest BCUT2D eigenvalue weighted by Crippen LogP contribution is -2.29. The van der Waals surface area contributed by atoms with Crippen molar-refractivity contribution in [2.75, 3.05) is 6.54 Å². The van der Waals surface area contributed by atoms with E-state index >= 15 is 0 Å². The number of fused-ring (bicyclic) bond motifs is 1. The van der Waals surface area contributed by atoms with Crippen LogP contribution in [-0.4, -0.2) is 27.7 Å². The van der Waals surface area contributed by atoms with Gasteiger partial charge in [-0.15, -0.1) is 0 Å². The number of imidazole rings is 1. The summed E-state index contributed by atoms with van der Waals surface area (Å²) in [6.45, 7) is 1.02. The standard InChI is InChI=1S/C11H17N3O/c15-10(9-5-2-6-12-9)11-13-7-3-1-4-8(7)14-11/h9-10,12,15H,1-6H2,(H,13,14). The van der Waals surface area contributed by atoms with Gasteiger partial charge in [-0.2, -0.15) is 0 Å². The third-order valence-electron chi connectivity index (χ3n) is 3.48. The molecule has 15 heavy (non-hydrogen) atoms. The smallest absolute Gasteiger partial charge is 0.137 e. The molecule has 2 unspecified atom stereocenters. The molecule has 4 nitrogen and oxygen atoms in total. The van der Waals surface area contributed by atoms with Crippen molar-refractivity contribution in [3.63, 3.8) is 0 Å². The molecule has 1 aromatic heterocycles. The molecule has 1 aliphatic heterocycles. The number of aromatic nitrogens is 2. The van der Waals surface area contributed by atoms with E-state index < -0.39 is 6.10 Å². The van der Waals surface area contributed by atoms with E-state index in [2.05, 4.69) is 15.3 Å². The van der Waals surface area contributed by atoms with Gasteiger partial charge in [-0.05, 0) is 38.6 Å². The summed E-state index contributed by atoms with van der Waals surface area (Å²) in [4.78, 5) is 7.76. The Kier molecular flexibility index (Phi) is 2.25. The molecule has 0 bridgehead atoms. The normalized spacial score (nSPS) is 26.9. The van der Waals surface area contributed by atoms with Gasteiger partial charge in [0.25, 0.3) is 0 Å². The summed E-state index contributed by atoms with van der Waals surface area (Å²) in [5, 5.41) is 13.4. The highest BCUT2D eigenvalue weighted by atomic mass is 16.3. The molecular formula is C11H17N3O. The molecule has 0 saturated carbocycles. The topological polar surface area (TPSA) is 60.9 Å².